The van der Waals surface area contributed by atoms with Gasteiger partial charge in [0, 0.05) is 29.3 Å². The number of aryl methyl sites for hydroxylation is 1. The highest BCUT2D eigenvalue weighted by molar-refractivity contribution is 5.97. The molecule has 186 valence electrons. The molecule has 0 bridgehead atoms. The molecule has 3 aromatic carbocycles. The number of fused-ring (bicyclic) bond motifs is 13. The van der Waals surface area contributed by atoms with E-state index in [0.717, 1.165) is 23.2 Å². The summed E-state index contributed by atoms with van der Waals surface area (Å²) in [6.07, 6.45) is 5.30. The second-order valence-electron chi connectivity index (χ2n) is 10.9. The van der Waals surface area contributed by atoms with Crippen LogP contribution in [0.25, 0.3) is 38.7 Å². The molecule has 8 rings (SSSR count). The first kappa shape index (κ1) is 22.6. The lowest BCUT2D eigenvalue weighted by atomic mass is 9.81. The Morgan fingerprint density at radius 2 is 1.60 bits per heavy atom. The maximum atomic E-state index is 10.1. The van der Waals surface area contributed by atoms with Crippen LogP contribution in [0.2, 0.25) is 0 Å². The smallest absolute Gasteiger partial charge is 0.192 e. The fourth-order valence-electron chi connectivity index (χ4n) is 7.11. The summed E-state index contributed by atoms with van der Waals surface area (Å²) in [6.45, 7) is 2.12. The van der Waals surface area contributed by atoms with Gasteiger partial charge in [0.2, 0.25) is 17.3 Å². The first-order valence-electron chi connectivity index (χ1n) is 13.6. The van der Waals surface area contributed by atoms with Crippen molar-refractivity contribution in [3.63, 3.8) is 0 Å². The van der Waals surface area contributed by atoms with Crippen molar-refractivity contribution in [1.29, 1.82) is 10.5 Å². The fraction of sp³-hybridized carbons (Fsp3) is 0.111. The summed E-state index contributed by atoms with van der Waals surface area (Å²) in [4.78, 5) is 0. The van der Waals surface area contributed by atoms with Gasteiger partial charge in [0.1, 0.15) is 6.07 Å². The van der Waals surface area contributed by atoms with E-state index in [1.165, 1.54) is 44.2 Å². The largest absolute Gasteiger partial charge is 0.260 e. The van der Waals surface area contributed by atoms with Crippen LogP contribution in [0.5, 0.6) is 0 Å². The zero-order valence-corrected chi connectivity index (χ0v) is 22.0. The summed E-state index contributed by atoms with van der Waals surface area (Å²) in [5.41, 5.74) is 11.5. The Morgan fingerprint density at radius 3 is 2.40 bits per heavy atom. The quantitative estimate of drug-likeness (QED) is 0.187. The summed E-state index contributed by atoms with van der Waals surface area (Å²) < 4.78 is 4.77. The Hall–Kier alpha value is -5.32. The maximum Gasteiger partial charge on any atom is 0.260 e. The number of rotatable bonds is 1. The molecule has 2 unspecified atom stereocenters. The molecule has 0 saturated heterocycles. The van der Waals surface area contributed by atoms with Crippen LogP contribution < -0.4 is 8.97 Å². The summed E-state index contributed by atoms with van der Waals surface area (Å²) in [6, 6.07) is 36.5. The van der Waals surface area contributed by atoms with Gasteiger partial charge in [0.25, 0.3) is 5.69 Å². The second kappa shape index (κ2) is 8.34. The molecule has 4 nitrogen and oxygen atoms in total. The third-order valence-electron chi connectivity index (χ3n) is 8.74. The monoisotopic (exact) mass is 512 g/mol. The molecule has 1 aliphatic carbocycles. The average molecular weight is 513 g/mol. The van der Waals surface area contributed by atoms with Crippen molar-refractivity contribution in [2.45, 2.75) is 25.3 Å². The van der Waals surface area contributed by atoms with Gasteiger partial charge in [-0.1, -0.05) is 48.5 Å². The second-order valence-corrected chi connectivity index (χ2v) is 10.9. The normalized spacial score (nSPS) is 16.5. The molecule has 0 amide bonds. The zero-order valence-electron chi connectivity index (χ0n) is 22.0. The van der Waals surface area contributed by atoms with Crippen LogP contribution in [-0.4, -0.2) is 0 Å². The number of hydrogen-bond acceptors (Lipinski definition) is 2. The lowest BCUT2D eigenvalue weighted by molar-refractivity contribution is -0.724. The average Bonchev–Trinajstić information content (AvgIpc) is 3.42. The van der Waals surface area contributed by atoms with Gasteiger partial charge < -0.3 is 0 Å². The van der Waals surface area contributed by atoms with E-state index in [-0.39, 0.29) is 12.0 Å². The van der Waals surface area contributed by atoms with Crippen LogP contribution in [0.3, 0.4) is 0 Å². The van der Waals surface area contributed by atoms with E-state index in [2.05, 4.69) is 119 Å². The van der Waals surface area contributed by atoms with Crippen LogP contribution in [0.4, 0.5) is 0 Å². The van der Waals surface area contributed by atoms with Crippen molar-refractivity contribution in [3.05, 3.63) is 137 Å². The van der Waals surface area contributed by atoms with Gasteiger partial charge in [0.05, 0.1) is 34.1 Å². The Morgan fingerprint density at radius 1 is 0.800 bits per heavy atom. The molecule has 4 heteroatoms. The number of nitriles is 2. The molecule has 0 N–H and O–H groups in total. The van der Waals surface area contributed by atoms with Crippen molar-refractivity contribution in [3.8, 4) is 34.5 Å². The molecule has 0 spiro atoms. The van der Waals surface area contributed by atoms with Crippen LogP contribution in [-0.2, 0) is 6.42 Å². The summed E-state index contributed by atoms with van der Waals surface area (Å²) in [5, 5.41) is 22.5. The fourth-order valence-corrected chi connectivity index (χ4v) is 7.11. The minimum atomic E-state index is 0.0394. The SMILES string of the molecule is Cc1ccc2[n+](c1)C1c3c(c4ccccc4c4cc(-c5ccccc5)cc[n+]34)CC1c1cc(C#N)cc(C#N)c1-2. The van der Waals surface area contributed by atoms with Crippen molar-refractivity contribution in [2.75, 3.05) is 0 Å². The van der Waals surface area contributed by atoms with Crippen LogP contribution in [0.1, 0.15) is 45.5 Å². The molecule has 0 saturated carbocycles. The molecule has 40 heavy (non-hydrogen) atoms. The summed E-state index contributed by atoms with van der Waals surface area (Å²) in [7, 11) is 0. The van der Waals surface area contributed by atoms with E-state index >= 15 is 0 Å². The summed E-state index contributed by atoms with van der Waals surface area (Å²) in [5.74, 6) is 0.111. The third kappa shape index (κ3) is 3.05. The van der Waals surface area contributed by atoms with Crippen molar-refractivity contribution in [1.82, 2.24) is 0 Å². The van der Waals surface area contributed by atoms with Crippen LogP contribution in [0.15, 0.2) is 103 Å². The number of nitrogens with zero attached hydrogens (tertiary/aromatic N) is 4. The van der Waals surface area contributed by atoms with E-state index in [1.54, 1.807) is 6.07 Å². The van der Waals surface area contributed by atoms with Gasteiger partial charge >= 0.3 is 0 Å². The topological polar surface area (TPSA) is 55.6 Å². The van der Waals surface area contributed by atoms with E-state index in [0.29, 0.717) is 11.1 Å². The molecule has 1 aliphatic heterocycles. The summed E-state index contributed by atoms with van der Waals surface area (Å²) >= 11 is 0. The van der Waals surface area contributed by atoms with Gasteiger partial charge in [-0.2, -0.15) is 19.5 Å². The van der Waals surface area contributed by atoms with Gasteiger partial charge in [0.15, 0.2) is 12.4 Å². The molecule has 2 aliphatic rings. The lowest BCUT2D eigenvalue weighted by Crippen LogP contribution is -2.50. The molecule has 4 heterocycles. The Kier molecular flexibility index (Phi) is 4.72. The van der Waals surface area contributed by atoms with E-state index in [1.807, 2.05) is 6.07 Å². The first-order valence-corrected chi connectivity index (χ1v) is 13.6. The van der Waals surface area contributed by atoms with E-state index in [4.69, 9.17) is 0 Å². The van der Waals surface area contributed by atoms with Crippen molar-refractivity contribution in [2.24, 2.45) is 0 Å². The molecule has 2 atom stereocenters. The van der Waals surface area contributed by atoms with Crippen molar-refractivity contribution >= 4 is 16.3 Å². The Balaban J connectivity index is 1.48. The number of hydrogen-bond donors (Lipinski definition) is 0. The third-order valence-corrected chi connectivity index (χ3v) is 8.74. The van der Waals surface area contributed by atoms with Crippen molar-refractivity contribution < 1.29 is 8.97 Å². The molecule has 0 radical (unpaired) electrons. The highest BCUT2D eigenvalue weighted by Crippen LogP contribution is 2.50. The highest BCUT2D eigenvalue weighted by atomic mass is 15.1. The number of pyridine rings is 3. The first-order chi connectivity index (χ1) is 19.7. The van der Waals surface area contributed by atoms with Gasteiger partial charge in [-0.05, 0) is 59.7 Å². The Bertz CT molecular complexity index is 2130. The standard InChI is InChI=1S/C36H24N4/c1-22-11-12-32-34-26(20-38)15-23(19-37)16-29(34)31-18-30-27-9-5-6-10-28(27)33-17-25(24-7-3-2-4-8-24)13-14-39(33)35(30)36(31)40(32)21-22/h2-17,21,31,36H,18H2,1H3/q+2. The molecule has 0 fully saturated rings. The number of benzene rings is 3. The lowest BCUT2D eigenvalue weighted by Gasteiger charge is -2.25. The molecule has 3 aromatic heterocycles. The van der Waals surface area contributed by atoms with Gasteiger partial charge in [-0.15, -0.1) is 0 Å². The minimum absolute atomic E-state index is 0.0394. The Labute approximate surface area is 232 Å². The van der Waals surface area contributed by atoms with E-state index in [9.17, 15) is 10.5 Å². The van der Waals surface area contributed by atoms with Crippen LogP contribution >= 0.6 is 0 Å². The van der Waals surface area contributed by atoms with Gasteiger partial charge in [-0.25, -0.2) is 0 Å². The predicted molar refractivity (Wildman–Crippen MR) is 153 cm³/mol. The van der Waals surface area contributed by atoms with Crippen LogP contribution in [0, 0.1) is 29.6 Å². The maximum absolute atomic E-state index is 10.1. The predicted octanol–water partition coefficient (Wildman–Crippen LogP) is 6.49. The molecular weight excluding hydrogens is 488 g/mol. The van der Waals surface area contributed by atoms with Gasteiger partial charge in [-0.3, -0.25) is 0 Å². The number of aromatic nitrogens is 2. The minimum Gasteiger partial charge on any atom is -0.192 e. The van der Waals surface area contributed by atoms with E-state index < -0.39 is 0 Å². The molecular formula is C36H24N4+2. The molecule has 6 aromatic rings. The zero-order chi connectivity index (χ0) is 27.0. The highest BCUT2D eigenvalue weighted by Gasteiger charge is 2.53.